The average molecular weight is 306 g/mol. The van der Waals surface area contributed by atoms with Crippen molar-refractivity contribution < 1.29 is 14.7 Å². The van der Waals surface area contributed by atoms with Gasteiger partial charge >= 0.3 is 5.97 Å². The van der Waals surface area contributed by atoms with Gasteiger partial charge in [-0.3, -0.25) is 4.79 Å². The first-order chi connectivity index (χ1) is 10.4. The Balaban J connectivity index is 2.14. The number of nitrogens with two attached hydrogens (primary N) is 1. The molecule has 9 nitrogen and oxygen atoms in total. The van der Waals surface area contributed by atoms with E-state index in [-0.39, 0.29) is 18.3 Å². The minimum Gasteiger partial charge on any atom is -0.480 e. The number of amides is 1. The Morgan fingerprint density at radius 1 is 1.41 bits per heavy atom. The van der Waals surface area contributed by atoms with Gasteiger partial charge in [-0.05, 0) is 5.92 Å². The quantitative estimate of drug-likeness (QED) is 0.684. The summed E-state index contributed by atoms with van der Waals surface area (Å²) in [6.07, 6.45) is 3.36. The van der Waals surface area contributed by atoms with E-state index in [4.69, 9.17) is 5.73 Å². The van der Waals surface area contributed by atoms with Crippen LogP contribution in [0.4, 0.5) is 5.82 Å². The van der Waals surface area contributed by atoms with E-state index < -0.39 is 17.9 Å². The van der Waals surface area contributed by atoms with Crippen molar-refractivity contribution in [2.45, 2.75) is 32.9 Å². The zero-order valence-corrected chi connectivity index (χ0v) is 12.4. The number of hydrogen-bond acceptors (Lipinski definition) is 6. The summed E-state index contributed by atoms with van der Waals surface area (Å²) < 4.78 is 1.50. The molecule has 2 atom stereocenters. The number of carbonyl (C=O) groups excluding carboxylic acids is 1. The molecule has 0 saturated carbocycles. The molecular weight excluding hydrogens is 288 g/mol. The molecule has 2 rings (SSSR count). The normalized spacial score (nSPS) is 13.7. The topological polar surface area (TPSA) is 136 Å². The van der Waals surface area contributed by atoms with Gasteiger partial charge in [-0.25, -0.2) is 19.7 Å². The highest BCUT2D eigenvalue weighted by Gasteiger charge is 2.25. The molecule has 4 N–H and O–H groups in total. The van der Waals surface area contributed by atoms with Crippen LogP contribution in [0.5, 0.6) is 0 Å². The number of nitrogens with one attached hydrogen (secondary N) is 1. The lowest BCUT2D eigenvalue weighted by molar-refractivity contribution is -0.143. The lowest BCUT2D eigenvalue weighted by Gasteiger charge is -2.20. The lowest BCUT2D eigenvalue weighted by atomic mass is 9.99. The molecule has 0 spiro atoms. The number of carboxylic acid groups (broad SMARTS) is 1. The molecule has 0 aliphatic heterocycles. The fourth-order valence-corrected chi connectivity index (χ4v) is 2.07. The third-order valence-electron chi connectivity index (χ3n) is 3.54. The minimum absolute atomic E-state index is 0.0901. The monoisotopic (exact) mass is 306 g/mol. The van der Waals surface area contributed by atoms with Gasteiger partial charge in [-0.15, -0.1) is 0 Å². The number of carbonyl (C=O) groups is 2. The molecular formula is C13H18N6O3. The molecule has 118 valence electrons. The number of hydrogen-bond donors (Lipinski definition) is 3. The van der Waals surface area contributed by atoms with E-state index in [0.717, 1.165) is 0 Å². The molecule has 0 aromatic carbocycles. The van der Waals surface area contributed by atoms with Gasteiger partial charge in [0.2, 0.25) is 5.91 Å². The van der Waals surface area contributed by atoms with Gasteiger partial charge in [0, 0.05) is 0 Å². The number of rotatable bonds is 6. The second kappa shape index (κ2) is 6.37. The maximum Gasteiger partial charge on any atom is 0.326 e. The van der Waals surface area contributed by atoms with Gasteiger partial charge in [0.05, 0.1) is 6.33 Å². The predicted octanol–water partition coefficient (Wildman–Crippen LogP) is 0.0240. The van der Waals surface area contributed by atoms with Crippen LogP contribution in [0, 0.1) is 5.92 Å². The van der Waals surface area contributed by atoms with E-state index in [9.17, 15) is 14.7 Å². The Kier molecular flexibility index (Phi) is 4.54. The fraction of sp³-hybridized carbons (Fsp3) is 0.462. The molecule has 0 unspecified atom stereocenters. The predicted molar refractivity (Wildman–Crippen MR) is 78.8 cm³/mol. The zero-order chi connectivity index (χ0) is 16.3. The molecule has 0 radical (unpaired) electrons. The summed E-state index contributed by atoms with van der Waals surface area (Å²) >= 11 is 0. The summed E-state index contributed by atoms with van der Waals surface area (Å²) in [7, 11) is 0. The summed E-state index contributed by atoms with van der Waals surface area (Å²) in [6.45, 7) is 3.56. The third kappa shape index (κ3) is 3.13. The van der Waals surface area contributed by atoms with Gasteiger partial charge in [0.1, 0.15) is 24.4 Å². The van der Waals surface area contributed by atoms with E-state index >= 15 is 0 Å². The van der Waals surface area contributed by atoms with E-state index in [1.54, 1.807) is 6.92 Å². The van der Waals surface area contributed by atoms with Crippen molar-refractivity contribution in [2.75, 3.05) is 5.73 Å². The van der Waals surface area contributed by atoms with Gasteiger partial charge < -0.3 is 20.7 Å². The first-order valence-corrected chi connectivity index (χ1v) is 6.87. The van der Waals surface area contributed by atoms with Crippen LogP contribution in [0.25, 0.3) is 11.2 Å². The first kappa shape index (κ1) is 15.7. The number of anilines is 1. The highest BCUT2D eigenvalue weighted by molar-refractivity contribution is 5.86. The standard InChI is InChI=1S/C13H18N6O3/c1-3-7(2)9(13(21)22)18-8(20)4-19-6-17-10-11(14)15-5-16-12(10)19/h5-7,9H,3-4H2,1-2H3,(H,18,20)(H,21,22)(H2,14,15,16)/t7-,9-/m0/s1. The molecule has 9 heteroatoms. The van der Waals surface area contributed by atoms with Crippen LogP contribution in [-0.4, -0.2) is 42.5 Å². The van der Waals surface area contributed by atoms with Gasteiger partial charge in [-0.1, -0.05) is 20.3 Å². The van der Waals surface area contributed by atoms with Crippen molar-refractivity contribution in [1.82, 2.24) is 24.8 Å². The summed E-state index contributed by atoms with van der Waals surface area (Å²) in [5, 5.41) is 11.7. The lowest BCUT2D eigenvalue weighted by Crippen LogP contribution is -2.46. The largest absolute Gasteiger partial charge is 0.480 e. The Morgan fingerprint density at radius 2 is 2.14 bits per heavy atom. The molecule has 22 heavy (non-hydrogen) atoms. The number of aromatic nitrogens is 4. The van der Waals surface area contributed by atoms with Crippen LogP contribution in [-0.2, 0) is 16.1 Å². The van der Waals surface area contributed by atoms with Crippen molar-refractivity contribution in [1.29, 1.82) is 0 Å². The van der Waals surface area contributed by atoms with Crippen LogP contribution >= 0.6 is 0 Å². The zero-order valence-electron chi connectivity index (χ0n) is 12.4. The van der Waals surface area contributed by atoms with E-state index in [2.05, 4.69) is 20.3 Å². The highest BCUT2D eigenvalue weighted by atomic mass is 16.4. The summed E-state index contributed by atoms with van der Waals surface area (Å²) in [4.78, 5) is 35.2. The molecule has 2 aromatic rings. The van der Waals surface area contributed by atoms with Crippen molar-refractivity contribution >= 4 is 28.9 Å². The highest BCUT2D eigenvalue weighted by Crippen LogP contribution is 2.14. The van der Waals surface area contributed by atoms with E-state index in [1.165, 1.54) is 17.2 Å². The molecule has 2 aromatic heterocycles. The van der Waals surface area contributed by atoms with E-state index in [0.29, 0.717) is 17.6 Å². The van der Waals surface area contributed by atoms with Crippen molar-refractivity contribution in [2.24, 2.45) is 5.92 Å². The molecule has 2 heterocycles. The number of nitrogen functional groups attached to an aromatic ring is 1. The van der Waals surface area contributed by atoms with Crippen molar-refractivity contribution in [3.8, 4) is 0 Å². The van der Waals surface area contributed by atoms with Gasteiger partial charge in [-0.2, -0.15) is 0 Å². The maximum atomic E-state index is 12.1. The van der Waals surface area contributed by atoms with Crippen molar-refractivity contribution in [3.05, 3.63) is 12.7 Å². The summed E-state index contributed by atoms with van der Waals surface area (Å²) in [5.41, 5.74) is 6.51. The Morgan fingerprint density at radius 3 is 2.77 bits per heavy atom. The number of carboxylic acids is 1. The average Bonchev–Trinajstić information content (AvgIpc) is 2.88. The molecule has 0 bridgehead atoms. The third-order valence-corrected chi connectivity index (χ3v) is 3.54. The number of fused-ring (bicyclic) bond motifs is 1. The minimum atomic E-state index is -1.05. The summed E-state index contributed by atoms with van der Waals surface area (Å²) in [5.74, 6) is -1.42. The molecule has 0 saturated heterocycles. The van der Waals surface area contributed by atoms with Crippen LogP contribution in [0.2, 0.25) is 0 Å². The molecule has 0 aliphatic rings. The van der Waals surface area contributed by atoms with Crippen molar-refractivity contribution in [3.63, 3.8) is 0 Å². The van der Waals surface area contributed by atoms with E-state index in [1.807, 2.05) is 6.92 Å². The first-order valence-electron chi connectivity index (χ1n) is 6.87. The fourth-order valence-electron chi connectivity index (χ4n) is 2.07. The number of nitrogens with zero attached hydrogens (tertiary/aromatic N) is 4. The van der Waals surface area contributed by atoms with Crippen LogP contribution < -0.4 is 11.1 Å². The Labute approximate surface area is 126 Å². The van der Waals surface area contributed by atoms with Crippen LogP contribution in [0.3, 0.4) is 0 Å². The molecule has 0 fully saturated rings. The molecule has 0 aliphatic carbocycles. The maximum absolute atomic E-state index is 12.1. The molecule has 1 amide bonds. The second-order valence-corrected chi connectivity index (χ2v) is 5.07. The van der Waals surface area contributed by atoms with Gasteiger partial charge in [0.15, 0.2) is 11.5 Å². The smallest absolute Gasteiger partial charge is 0.326 e. The van der Waals surface area contributed by atoms with Crippen LogP contribution in [0.1, 0.15) is 20.3 Å². The summed E-state index contributed by atoms with van der Waals surface area (Å²) in [6, 6.07) is -0.924. The van der Waals surface area contributed by atoms with Crippen LogP contribution in [0.15, 0.2) is 12.7 Å². The second-order valence-electron chi connectivity index (χ2n) is 5.07. The number of imidazole rings is 1. The Hall–Kier alpha value is -2.71. The SMILES string of the molecule is CC[C@H](C)[C@H](NC(=O)Cn1cnc2c(N)ncnc21)C(=O)O. The number of aliphatic carboxylic acids is 1. The Bertz CT molecular complexity index is 698. The van der Waals surface area contributed by atoms with Gasteiger partial charge in [0.25, 0.3) is 0 Å².